The normalized spacial score (nSPS) is 19.4. The Bertz CT molecular complexity index is 441. The second kappa shape index (κ2) is 4.85. The van der Waals surface area contributed by atoms with Crippen molar-refractivity contribution in [1.29, 1.82) is 0 Å². The van der Waals surface area contributed by atoms with Gasteiger partial charge in [-0.05, 0) is 30.8 Å². The smallest absolute Gasteiger partial charge is 0.168 e. The molecule has 0 bridgehead atoms. The number of rotatable bonds is 2. The summed E-state index contributed by atoms with van der Waals surface area (Å²) < 4.78 is 13.8. The molecular weight excluding hydrogens is 241 g/mol. The molecule has 0 amide bonds. The molecule has 0 aromatic heterocycles. The van der Waals surface area contributed by atoms with Crippen LogP contribution in [0.3, 0.4) is 0 Å². The lowest BCUT2D eigenvalue weighted by atomic mass is 10.2. The third kappa shape index (κ3) is 2.65. The quantitative estimate of drug-likeness (QED) is 0.690. The number of nitrogens with one attached hydrogen (secondary N) is 1. The summed E-state index contributed by atoms with van der Waals surface area (Å²) >= 11 is 4.75. The van der Waals surface area contributed by atoms with E-state index in [0.29, 0.717) is 30.9 Å². The molecule has 1 aliphatic rings. The Morgan fingerprint density at radius 2 is 2.35 bits per heavy atom. The molecular formula is C11H14FN3OS. The fraction of sp³-hybridized carbons (Fsp3) is 0.364. The zero-order valence-electron chi connectivity index (χ0n) is 9.19. The number of β-amino-alcohol motifs (C(OH)–C–C–N with tert-alkyl or cyclic N) is 1. The first kappa shape index (κ1) is 12.1. The van der Waals surface area contributed by atoms with Crippen LogP contribution in [0.4, 0.5) is 15.8 Å². The molecule has 1 atom stereocenters. The van der Waals surface area contributed by atoms with Crippen molar-refractivity contribution in [3.05, 3.63) is 24.0 Å². The van der Waals surface area contributed by atoms with Crippen molar-refractivity contribution in [3.8, 4) is 0 Å². The van der Waals surface area contributed by atoms with Gasteiger partial charge in [0.2, 0.25) is 0 Å². The van der Waals surface area contributed by atoms with E-state index in [9.17, 15) is 9.50 Å². The highest BCUT2D eigenvalue weighted by atomic mass is 32.1. The van der Waals surface area contributed by atoms with Gasteiger partial charge in [0.15, 0.2) is 5.11 Å². The zero-order chi connectivity index (χ0) is 12.4. The average molecular weight is 255 g/mol. The minimum absolute atomic E-state index is 0.0941. The van der Waals surface area contributed by atoms with Crippen LogP contribution < -0.4 is 16.0 Å². The Morgan fingerprint density at radius 1 is 1.59 bits per heavy atom. The van der Waals surface area contributed by atoms with Crippen molar-refractivity contribution < 1.29 is 9.50 Å². The number of nitrogens with zero attached hydrogens (tertiary/aromatic N) is 1. The van der Waals surface area contributed by atoms with Gasteiger partial charge in [-0.25, -0.2) is 4.39 Å². The highest BCUT2D eigenvalue weighted by molar-refractivity contribution is 7.80. The number of nitrogens with two attached hydrogens (primary N) is 1. The predicted octanol–water partition coefficient (Wildman–Crippen LogP) is 1.05. The molecule has 0 radical (unpaired) electrons. The van der Waals surface area contributed by atoms with Gasteiger partial charge >= 0.3 is 0 Å². The summed E-state index contributed by atoms with van der Waals surface area (Å²) in [4.78, 5) is 1.79. The van der Waals surface area contributed by atoms with Crippen molar-refractivity contribution in [2.24, 2.45) is 5.73 Å². The highest BCUT2D eigenvalue weighted by Crippen LogP contribution is 2.31. The van der Waals surface area contributed by atoms with Gasteiger partial charge in [0.1, 0.15) is 5.82 Å². The van der Waals surface area contributed by atoms with Gasteiger partial charge in [0, 0.05) is 13.1 Å². The molecule has 1 saturated heterocycles. The lowest BCUT2D eigenvalue weighted by molar-refractivity contribution is 0.198. The van der Waals surface area contributed by atoms with E-state index in [1.807, 2.05) is 0 Å². The van der Waals surface area contributed by atoms with E-state index in [4.69, 9.17) is 18.0 Å². The summed E-state index contributed by atoms with van der Waals surface area (Å²) in [5.41, 5.74) is 6.35. The van der Waals surface area contributed by atoms with Gasteiger partial charge in [-0.15, -0.1) is 0 Å². The van der Waals surface area contributed by atoms with Crippen molar-refractivity contribution in [2.45, 2.75) is 12.5 Å². The average Bonchev–Trinajstić information content (AvgIpc) is 2.64. The summed E-state index contributed by atoms with van der Waals surface area (Å²) in [6, 6.07) is 4.68. The van der Waals surface area contributed by atoms with E-state index in [-0.39, 0.29) is 10.9 Å². The Balaban J connectivity index is 2.33. The molecule has 1 unspecified atom stereocenters. The van der Waals surface area contributed by atoms with E-state index in [1.165, 1.54) is 6.07 Å². The first-order chi connectivity index (χ1) is 8.08. The molecule has 1 aromatic rings. The minimum atomic E-state index is -0.410. The Hall–Kier alpha value is -1.40. The Labute approximate surface area is 104 Å². The Kier molecular flexibility index (Phi) is 3.44. The van der Waals surface area contributed by atoms with Crippen molar-refractivity contribution in [1.82, 2.24) is 0 Å². The fourth-order valence-corrected chi connectivity index (χ4v) is 2.13. The molecule has 2 rings (SSSR count). The third-order valence-electron chi connectivity index (χ3n) is 2.72. The molecule has 4 nitrogen and oxygen atoms in total. The second-order valence-electron chi connectivity index (χ2n) is 4.01. The number of halogens is 1. The molecule has 1 aliphatic heterocycles. The maximum Gasteiger partial charge on any atom is 0.168 e. The van der Waals surface area contributed by atoms with Crippen LogP contribution in [0.15, 0.2) is 18.2 Å². The third-order valence-corrected chi connectivity index (χ3v) is 2.83. The monoisotopic (exact) mass is 255 g/mol. The SMILES string of the molecule is NC(=S)Nc1cccc(F)c1N1CCC(O)C1. The molecule has 0 spiro atoms. The van der Waals surface area contributed by atoms with Crippen LogP contribution in [0.2, 0.25) is 0 Å². The van der Waals surface area contributed by atoms with Gasteiger partial charge < -0.3 is 21.1 Å². The summed E-state index contributed by atoms with van der Waals surface area (Å²) in [5.74, 6) is -0.347. The largest absolute Gasteiger partial charge is 0.391 e. The van der Waals surface area contributed by atoms with Gasteiger partial charge in [-0.3, -0.25) is 0 Å². The first-order valence-electron chi connectivity index (χ1n) is 5.36. The first-order valence-corrected chi connectivity index (χ1v) is 5.76. The number of hydrogen-bond acceptors (Lipinski definition) is 3. The lowest BCUT2D eigenvalue weighted by Crippen LogP contribution is -2.26. The van der Waals surface area contributed by atoms with Gasteiger partial charge in [-0.2, -0.15) is 0 Å². The minimum Gasteiger partial charge on any atom is -0.391 e. The number of para-hydroxylation sites is 1. The molecule has 0 aliphatic carbocycles. The van der Waals surface area contributed by atoms with Gasteiger partial charge in [0.25, 0.3) is 0 Å². The van der Waals surface area contributed by atoms with E-state index >= 15 is 0 Å². The molecule has 17 heavy (non-hydrogen) atoms. The summed E-state index contributed by atoms with van der Waals surface area (Å²) in [5, 5.41) is 12.3. The molecule has 1 fully saturated rings. The number of hydrogen-bond donors (Lipinski definition) is 3. The molecule has 6 heteroatoms. The second-order valence-corrected chi connectivity index (χ2v) is 4.45. The van der Waals surface area contributed by atoms with Crippen LogP contribution >= 0.6 is 12.2 Å². The van der Waals surface area contributed by atoms with E-state index < -0.39 is 6.10 Å². The standard InChI is InChI=1S/C11H14FN3OS/c12-8-2-1-3-9(14-11(13)17)10(8)15-5-4-7(16)6-15/h1-3,7,16H,4-6H2,(H3,13,14,17). The van der Waals surface area contributed by atoms with E-state index in [0.717, 1.165) is 0 Å². The highest BCUT2D eigenvalue weighted by Gasteiger charge is 2.24. The topological polar surface area (TPSA) is 61.5 Å². The summed E-state index contributed by atoms with van der Waals surface area (Å²) in [7, 11) is 0. The predicted molar refractivity (Wildman–Crippen MR) is 69.6 cm³/mol. The number of anilines is 2. The van der Waals surface area contributed by atoms with Crippen LogP contribution in [0.25, 0.3) is 0 Å². The zero-order valence-corrected chi connectivity index (χ0v) is 10.0. The Morgan fingerprint density at radius 3 is 2.94 bits per heavy atom. The van der Waals surface area contributed by atoms with Crippen LogP contribution in [0, 0.1) is 5.82 Å². The van der Waals surface area contributed by atoms with E-state index in [2.05, 4.69) is 5.32 Å². The van der Waals surface area contributed by atoms with Crippen LogP contribution in [-0.2, 0) is 0 Å². The number of thiocarbonyl (C=S) groups is 1. The lowest BCUT2D eigenvalue weighted by Gasteiger charge is -2.22. The maximum atomic E-state index is 13.8. The molecule has 0 saturated carbocycles. The molecule has 4 N–H and O–H groups in total. The molecule has 92 valence electrons. The fourth-order valence-electron chi connectivity index (χ4n) is 2.02. The summed E-state index contributed by atoms with van der Waals surface area (Å²) in [6.07, 6.45) is 0.230. The van der Waals surface area contributed by atoms with Crippen LogP contribution in [-0.4, -0.2) is 29.4 Å². The van der Waals surface area contributed by atoms with Crippen molar-refractivity contribution in [3.63, 3.8) is 0 Å². The number of aliphatic hydroxyl groups excluding tert-OH is 1. The van der Waals surface area contributed by atoms with Gasteiger partial charge in [0.05, 0.1) is 17.5 Å². The van der Waals surface area contributed by atoms with Crippen molar-refractivity contribution in [2.75, 3.05) is 23.3 Å². The van der Waals surface area contributed by atoms with Crippen LogP contribution in [0.5, 0.6) is 0 Å². The van der Waals surface area contributed by atoms with E-state index in [1.54, 1.807) is 17.0 Å². The number of aliphatic hydroxyl groups is 1. The number of benzene rings is 1. The maximum absolute atomic E-state index is 13.8. The summed E-state index contributed by atoms with van der Waals surface area (Å²) in [6.45, 7) is 1.04. The van der Waals surface area contributed by atoms with Crippen LogP contribution in [0.1, 0.15) is 6.42 Å². The van der Waals surface area contributed by atoms with Gasteiger partial charge in [-0.1, -0.05) is 6.07 Å². The molecule has 1 heterocycles. The molecule has 1 aromatic carbocycles. The van der Waals surface area contributed by atoms with Crippen molar-refractivity contribution >= 4 is 28.7 Å².